The van der Waals surface area contributed by atoms with Gasteiger partial charge in [-0.25, -0.2) is 13.1 Å². The zero-order chi connectivity index (χ0) is 20.0. The summed E-state index contributed by atoms with van der Waals surface area (Å²) in [5.74, 6) is 1.01. The van der Waals surface area contributed by atoms with Crippen LogP contribution in [-0.4, -0.2) is 35.1 Å². The third kappa shape index (κ3) is 5.45. The molecule has 8 heteroatoms. The van der Waals surface area contributed by atoms with Crippen LogP contribution in [-0.2, 0) is 21.2 Å². The first-order chi connectivity index (χ1) is 12.8. The Kier molecular flexibility index (Phi) is 6.81. The van der Waals surface area contributed by atoms with Crippen LogP contribution in [0.3, 0.4) is 0 Å². The van der Waals surface area contributed by atoms with Crippen molar-refractivity contribution in [3.05, 3.63) is 47.5 Å². The van der Waals surface area contributed by atoms with E-state index < -0.39 is 10.0 Å². The number of sulfonamides is 1. The van der Waals surface area contributed by atoms with Gasteiger partial charge in [0.1, 0.15) is 0 Å². The Morgan fingerprint density at radius 3 is 2.33 bits per heavy atom. The summed E-state index contributed by atoms with van der Waals surface area (Å²) in [6, 6.07) is 10.1. The van der Waals surface area contributed by atoms with Gasteiger partial charge in [0, 0.05) is 19.2 Å². The molecule has 2 aromatic rings. The fourth-order valence-electron chi connectivity index (χ4n) is 2.58. The highest BCUT2D eigenvalue weighted by molar-refractivity contribution is 7.89. The van der Waals surface area contributed by atoms with Crippen LogP contribution in [0.4, 0.5) is 5.69 Å². The van der Waals surface area contributed by atoms with E-state index in [1.807, 2.05) is 12.1 Å². The Morgan fingerprint density at radius 2 is 1.74 bits per heavy atom. The maximum absolute atomic E-state index is 12.5. The highest BCUT2D eigenvalue weighted by Crippen LogP contribution is 2.27. The first-order valence-electron chi connectivity index (χ1n) is 8.35. The van der Waals surface area contributed by atoms with E-state index in [0.29, 0.717) is 29.2 Å². The first-order valence-corrected chi connectivity index (χ1v) is 9.84. The van der Waals surface area contributed by atoms with Gasteiger partial charge < -0.3 is 14.8 Å². The minimum absolute atomic E-state index is 0.154. The molecule has 0 aliphatic rings. The average Bonchev–Trinajstić information content (AvgIpc) is 2.62. The number of ether oxygens (including phenoxy) is 2. The van der Waals surface area contributed by atoms with Gasteiger partial charge in [-0.2, -0.15) is 0 Å². The molecule has 2 rings (SSSR count). The number of amides is 1. The van der Waals surface area contributed by atoms with E-state index in [0.717, 1.165) is 5.56 Å². The number of benzene rings is 2. The van der Waals surface area contributed by atoms with Crippen LogP contribution in [0.5, 0.6) is 11.5 Å². The summed E-state index contributed by atoms with van der Waals surface area (Å²) in [6.07, 6.45) is 0.503. The number of carbonyl (C=O) groups is 1. The van der Waals surface area contributed by atoms with E-state index in [9.17, 15) is 13.2 Å². The molecule has 0 bridgehead atoms. The molecule has 0 spiro atoms. The molecule has 0 aliphatic heterocycles. The predicted octanol–water partition coefficient (Wildman–Crippen LogP) is 2.49. The van der Waals surface area contributed by atoms with Gasteiger partial charge in [0.15, 0.2) is 11.5 Å². The fourth-order valence-corrected chi connectivity index (χ4v) is 3.70. The van der Waals surface area contributed by atoms with Crippen LogP contribution >= 0.6 is 0 Å². The number of hydrogen-bond donors (Lipinski definition) is 2. The standard InChI is InChI=1S/C19H24N2O5S/c1-13-11-16(6-7-17(13)21-14(2)22)27(23,24)20-10-9-15-5-8-18(25-3)19(12-15)26-4/h5-8,11-12,20H,9-10H2,1-4H3,(H,21,22). The van der Waals surface area contributed by atoms with E-state index in [1.165, 1.54) is 19.1 Å². The molecule has 0 fully saturated rings. The Hall–Kier alpha value is -2.58. The van der Waals surface area contributed by atoms with E-state index in [-0.39, 0.29) is 17.3 Å². The number of methoxy groups -OCH3 is 2. The maximum atomic E-state index is 12.5. The van der Waals surface area contributed by atoms with E-state index in [1.54, 1.807) is 33.3 Å². The minimum Gasteiger partial charge on any atom is -0.493 e. The summed E-state index contributed by atoms with van der Waals surface area (Å²) < 4.78 is 38.0. The van der Waals surface area contributed by atoms with Crippen molar-refractivity contribution >= 4 is 21.6 Å². The molecule has 7 nitrogen and oxygen atoms in total. The van der Waals surface area contributed by atoms with Crippen molar-refractivity contribution in [1.29, 1.82) is 0 Å². The van der Waals surface area contributed by atoms with Crippen molar-refractivity contribution in [2.24, 2.45) is 0 Å². The summed E-state index contributed by atoms with van der Waals surface area (Å²) >= 11 is 0. The Morgan fingerprint density at radius 1 is 1.04 bits per heavy atom. The molecule has 2 N–H and O–H groups in total. The lowest BCUT2D eigenvalue weighted by molar-refractivity contribution is -0.114. The van der Waals surface area contributed by atoms with Crippen molar-refractivity contribution < 1.29 is 22.7 Å². The first kappa shape index (κ1) is 20.7. The third-order valence-corrected chi connectivity index (χ3v) is 5.43. The number of rotatable bonds is 8. The molecule has 1 amide bonds. The smallest absolute Gasteiger partial charge is 0.240 e. The fraction of sp³-hybridized carbons (Fsp3) is 0.316. The molecule has 0 radical (unpaired) electrons. The highest BCUT2D eigenvalue weighted by atomic mass is 32.2. The second-order valence-electron chi connectivity index (χ2n) is 6.00. The molecule has 0 heterocycles. The second kappa shape index (κ2) is 8.88. The SMILES string of the molecule is COc1ccc(CCNS(=O)(=O)c2ccc(NC(C)=O)c(C)c2)cc1OC. The lowest BCUT2D eigenvalue weighted by Crippen LogP contribution is -2.26. The van der Waals surface area contributed by atoms with Crippen LogP contribution in [0.25, 0.3) is 0 Å². The van der Waals surface area contributed by atoms with Gasteiger partial charge >= 0.3 is 0 Å². The lowest BCUT2D eigenvalue weighted by atomic mass is 10.1. The van der Waals surface area contributed by atoms with Gasteiger partial charge in [0.05, 0.1) is 19.1 Å². The Labute approximate surface area is 159 Å². The monoisotopic (exact) mass is 392 g/mol. The second-order valence-corrected chi connectivity index (χ2v) is 7.76. The summed E-state index contributed by atoms with van der Waals surface area (Å²) in [5, 5.41) is 2.66. The van der Waals surface area contributed by atoms with Gasteiger partial charge in [-0.05, 0) is 54.8 Å². The van der Waals surface area contributed by atoms with Gasteiger partial charge in [-0.15, -0.1) is 0 Å². The number of anilines is 1. The molecule has 0 aliphatic carbocycles. The Balaban J connectivity index is 2.05. The molecule has 2 aromatic carbocycles. The maximum Gasteiger partial charge on any atom is 0.240 e. The average molecular weight is 392 g/mol. The van der Waals surface area contributed by atoms with Gasteiger partial charge in [0.2, 0.25) is 15.9 Å². The molecule has 146 valence electrons. The van der Waals surface area contributed by atoms with Crippen molar-refractivity contribution in [2.75, 3.05) is 26.1 Å². The predicted molar refractivity (Wildman–Crippen MR) is 104 cm³/mol. The van der Waals surface area contributed by atoms with Gasteiger partial charge in [-0.1, -0.05) is 6.07 Å². The molecule has 0 aromatic heterocycles. The van der Waals surface area contributed by atoms with E-state index >= 15 is 0 Å². The summed E-state index contributed by atoms with van der Waals surface area (Å²) in [4.78, 5) is 11.3. The summed E-state index contributed by atoms with van der Waals surface area (Å²) in [5.41, 5.74) is 2.19. The lowest BCUT2D eigenvalue weighted by Gasteiger charge is -2.12. The van der Waals surface area contributed by atoms with Gasteiger partial charge in [-0.3, -0.25) is 4.79 Å². The highest BCUT2D eigenvalue weighted by Gasteiger charge is 2.15. The van der Waals surface area contributed by atoms with Crippen LogP contribution in [0.2, 0.25) is 0 Å². The van der Waals surface area contributed by atoms with Crippen LogP contribution < -0.4 is 19.5 Å². The molecule has 0 saturated carbocycles. The molecule has 0 atom stereocenters. The summed E-state index contributed by atoms with van der Waals surface area (Å²) in [6.45, 7) is 3.39. The van der Waals surface area contributed by atoms with E-state index in [4.69, 9.17) is 9.47 Å². The summed E-state index contributed by atoms with van der Waals surface area (Å²) in [7, 11) is -0.532. The molecule has 27 heavy (non-hydrogen) atoms. The van der Waals surface area contributed by atoms with Crippen molar-refractivity contribution in [1.82, 2.24) is 4.72 Å². The number of aryl methyl sites for hydroxylation is 1. The molecule has 0 saturated heterocycles. The quantitative estimate of drug-likeness (QED) is 0.720. The molecule has 0 unspecified atom stereocenters. The zero-order valence-electron chi connectivity index (χ0n) is 15.8. The third-order valence-electron chi connectivity index (χ3n) is 3.97. The molecular formula is C19H24N2O5S. The van der Waals surface area contributed by atoms with Crippen LogP contribution in [0.1, 0.15) is 18.1 Å². The topological polar surface area (TPSA) is 93.7 Å². The van der Waals surface area contributed by atoms with E-state index in [2.05, 4.69) is 10.0 Å². The zero-order valence-corrected chi connectivity index (χ0v) is 16.6. The number of hydrogen-bond acceptors (Lipinski definition) is 5. The van der Waals surface area contributed by atoms with Crippen molar-refractivity contribution in [2.45, 2.75) is 25.2 Å². The van der Waals surface area contributed by atoms with Crippen LogP contribution in [0.15, 0.2) is 41.3 Å². The normalized spacial score (nSPS) is 11.1. The number of carbonyl (C=O) groups excluding carboxylic acids is 1. The van der Waals surface area contributed by atoms with Crippen molar-refractivity contribution in [3.63, 3.8) is 0 Å². The minimum atomic E-state index is -3.65. The van der Waals surface area contributed by atoms with Gasteiger partial charge in [0.25, 0.3) is 0 Å². The van der Waals surface area contributed by atoms with Crippen molar-refractivity contribution in [3.8, 4) is 11.5 Å². The largest absolute Gasteiger partial charge is 0.493 e. The Bertz CT molecular complexity index is 926. The van der Waals surface area contributed by atoms with Crippen LogP contribution in [0, 0.1) is 6.92 Å². The molecular weight excluding hydrogens is 368 g/mol. The number of nitrogens with one attached hydrogen (secondary N) is 2.